The van der Waals surface area contributed by atoms with Gasteiger partial charge in [0.25, 0.3) is 5.78 Å². The summed E-state index contributed by atoms with van der Waals surface area (Å²) < 4.78 is 18.1. The molecule has 1 aromatic heterocycles. The van der Waals surface area contributed by atoms with Crippen LogP contribution in [-0.2, 0) is 9.59 Å². The predicted molar refractivity (Wildman–Crippen MR) is 165 cm³/mol. The number of benzene rings is 3. The molecule has 42 heavy (non-hydrogen) atoms. The van der Waals surface area contributed by atoms with Crippen LogP contribution in [0, 0.1) is 12.8 Å². The van der Waals surface area contributed by atoms with Gasteiger partial charge in [0.05, 0.1) is 42.2 Å². The van der Waals surface area contributed by atoms with Crippen molar-refractivity contribution in [2.45, 2.75) is 40.2 Å². The van der Waals surface area contributed by atoms with E-state index in [9.17, 15) is 14.7 Å². The minimum absolute atomic E-state index is 0.0170. The van der Waals surface area contributed by atoms with Crippen molar-refractivity contribution in [1.82, 2.24) is 4.98 Å². The molecule has 218 valence electrons. The molecule has 2 heterocycles. The first-order valence-corrected chi connectivity index (χ1v) is 14.8. The molecule has 3 aromatic carbocycles. The quantitative estimate of drug-likeness (QED) is 0.121. The summed E-state index contributed by atoms with van der Waals surface area (Å²) in [5, 5.41) is 11.8. The Hall–Kier alpha value is -4.37. The molecular formula is C33H34N2O6S. The van der Waals surface area contributed by atoms with Crippen LogP contribution < -0.4 is 19.1 Å². The molecule has 1 N–H and O–H groups in total. The molecule has 1 aliphatic heterocycles. The number of aliphatic hydroxyl groups excluding tert-OH is 1. The van der Waals surface area contributed by atoms with E-state index in [4.69, 9.17) is 19.2 Å². The molecule has 1 amide bonds. The summed E-state index contributed by atoms with van der Waals surface area (Å²) in [5.74, 6) is 0.400. The summed E-state index contributed by atoms with van der Waals surface area (Å²) in [5.41, 5.74) is 2.68. The van der Waals surface area contributed by atoms with Crippen molar-refractivity contribution < 1.29 is 28.9 Å². The maximum Gasteiger partial charge on any atom is 0.301 e. The number of thiazole rings is 1. The second-order valence-electron chi connectivity index (χ2n) is 10.5. The molecule has 1 saturated heterocycles. The van der Waals surface area contributed by atoms with Crippen molar-refractivity contribution in [1.29, 1.82) is 0 Å². The molecule has 1 aliphatic rings. The predicted octanol–water partition coefficient (Wildman–Crippen LogP) is 7.06. The van der Waals surface area contributed by atoms with Gasteiger partial charge in [-0.3, -0.25) is 14.5 Å². The van der Waals surface area contributed by atoms with Gasteiger partial charge in [-0.15, -0.1) is 0 Å². The average molecular weight is 587 g/mol. The van der Waals surface area contributed by atoms with Crippen LogP contribution in [0.1, 0.15) is 49.9 Å². The number of hydrogen-bond acceptors (Lipinski definition) is 8. The number of ketones is 1. The Kier molecular flexibility index (Phi) is 8.49. The number of carbonyl (C=O) groups is 2. The molecule has 8 nitrogen and oxygen atoms in total. The summed E-state index contributed by atoms with van der Waals surface area (Å²) in [6.07, 6.45) is 0.881. The molecule has 9 heteroatoms. The molecular weight excluding hydrogens is 552 g/mol. The van der Waals surface area contributed by atoms with E-state index in [1.807, 2.05) is 38.1 Å². The number of aromatic nitrogens is 1. The number of aliphatic hydroxyl groups is 1. The van der Waals surface area contributed by atoms with Crippen LogP contribution in [0.5, 0.6) is 17.2 Å². The summed E-state index contributed by atoms with van der Waals surface area (Å²) in [6, 6.07) is 17.0. The highest BCUT2D eigenvalue weighted by Gasteiger charge is 2.48. The van der Waals surface area contributed by atoms with E-state index in [2.05, 4.69) is 13.8 Å². The minimum Gasteiger partial charge on any atom is -0.507 e. The van der Waals surface area contributed by atoms with E-state index >= 15 is 0 Å². The zero-order valence-corrected chi connectivity index (χ0v) is 25.2. The lowest BCUT2D eigenvalue weighted by atomic mass is 9.95. The lowest BCUT2D eigenvalue weighted by molar-refractivity contribution is -0.132. The van der Waals surface area contributed by atoms with Gasteiger partial charge in [0.2, 0.25) is 0 Å². The van der Waals surface area contributed by atoms with E-state index in [0.29, 0.717) is 58.2 Å². The topological polar surface area (TPSA) is 98.2 Å². The highest BCUT2D eigenvalue weighted by Crippen LogP contribution is 2.46. The first kappa shape index (κ1) is 29.1. The van der Waals surface area contributed by atoms with E-state index in [-0.39, 0.29) is 11.3 Å². The Bertz CT molecular complexity index is 1660. The standard InChI is InChI=1S/C33H34N2O6S/c1-6-40-26-17-22(11-14-25(26)41-16-15-19(2)3)29-28(30(36)21-9-7-20(4)8-10-21)31(37)32(38)35(29)33-34-24-13-12-23(39-5)18-27(24)42-33/h7-14,17-19,29,36H,6,15-16H2,1-5H3/b30-28+. The van der Waals surface area contributed by atoms with E-state index in [1.54, 1.807) is 43.5 Å². The number of rotatable bonds is 10. The van der Waals surface area contributed by atoms with Crippen molar-refractivity contribution in [3.8, 4) is 17.2 Å². The fraction of sp³-hybridized carbons (Fsp3) is 0.303. The largest absolute Gasteiger partial charge is 0.507 e. The number of methoxy groups -OCH3 is 1. The number of hydrogen-bond donors (Lipinski definition) is 1. The fourth-order valence-corrected chi connectivity index (χ4v) is 5.84. The van der Waals surface area contributed by atoms with Gasteiger partial charge in [0.1, 0.15) is 11.5 Å². The van der Waals surface area contributed by atoms with Gasteiger partial charge < -0.3 is 19.3 Å². The molecule has 1 atom stereocenters. The van der Waals surface area contributed by atoms with Crippen LogP contribution in [-0.4, -0.2) is 42.1 Å². The maximum absolute atomic E-state index is 13.7. The Balaban J connectivity index is 1.67. The van der Waals surface area contributed by atoms with Gasteiger partial charge in [-0.05, 0) is 62.1 Å². The molecule has 1 fully saturated rings. The third kappa shape index (κ3) is 5.69. The van der Waals surface area contributed by atoms with E-state index in [1.165, 1.54) is 16.2 Å². The lowest BCUT2D eigenvalue weighted by Gasteiger charge is -2.24. The second-order valence-corrected chi connectivity index (χ2v) is 11.5. The number of amides is 1. The zero-order chi connectivity index (χ0) is 30.0. The normalized spacial score (nSPS) is 16.4. The van der Waals surface area contributed by atoms with Crippen molar-refractivity contribution >= 4 is 44.1 Å². The van der Waals surface area contributed by atoms with Gasteiger partial charge >= 0.3 is 5.91 Å². The number of ether oxygens (including phenoxy) is 3. The first-order chi connectivity index (χ1) is 20.2. The number of carbonyl (C=O) groups excluding carboxylic acids is 2. The highest BCUT2D eigenvalue weighted by molar-refractivity contribution is 7.22. The number of anilines is 1. The van der Waals surface area contributed by atoms with Crippen molar-refractivity contribution in [3.05, 3.63) is 82.9 Å². The van der Waals surface area contributed by atoms with Crippen LogP contribution >= 0.6 is 11.3 Å². The van der Waals surface area contributed by atoms with E-state index < -0.39 is 17.7 Å². The smallest absolute Gasteiger partial charge is 0.301 e. The van der Waals surface area contributed by atoms with Gasteiger partial charge in [-0.25, -0.2) is 4.98 Å². The number of nitrogens with zero attached hydrogens (tertiary/aromatic N) is 2. The van der Waals surface area contributed by atoms with Crippen LogP contribution in [0.3, 0.4) is 0 Å². The number of fused-ring (bicyclic) bond motifs is 1. The summed E-state index contributed by atoms with van der Waals surface area (Å²) >= 11 is 1.27. The maximum atomic E-state index is 13.7. The van der Waals surface area contributed by atoms with Crippen LogP contribution in [0.25, 0.3) is 16.0 Å². The third-order valence-electron chi connectivity index (χ3n) is 7.10. The lowest BCUT2D eigenvalue weighted by Crippen LogP contribution is -2.29. The van der Waals surface area contributed by atoms with Crippen molar-refractivity contribution in [2.24, 2.45) is 5.92 Å². The number of aryl methyl sites for hydroxylation is 1. The third-order valence-corrected chi connectivity index (χ3v) is 8.11. The van der Waals surface area contributed by atoms with Crippen LogP contribution in [0.15, 0.2) is 66.2 Å². The van der Waals surface area contributed by atoms with E-state index in [0.717, 1.165) is 16.7 Å². The molecule has 5 rings (SSSR count). The Morgan fingerprint density at radius 2 is 1.79 bits per heavy atom. The Labute approximate surface area is 249 Å². The summed E-state index contributed by atoms with van der Waals surface area (Å²) in [7, 11) is 1.58. The molecule has 4 aromatic rings. The van der Waals surface area contributed by atoms with Gasteiger partial charge in [0.15, 0.2) is 16.6 Å². The average Bonchev–Trinajstić information content (AvgIpc) is 3.51. The molecule has 0 aliphatic carbocycles. The fourth-order valence-electron chi connectivity index (χ4n) is 4.82. The number of Topliss-reactive ketones (excluding diaryl/α,β-unsaturated/α-hetero) is 1. The summed E-state index contributed by atoms with van der Waals surface area (Å²) in [6.45, 7) is 9.00. The van der Waals surface area contributed by atoms with Crippen molar-refractivity contribution in [2.75, 3.05) is 25.2 Å². The van der Waals surface area contributed by atoms with Crippen molar-refractivity contribution in [3.63, 3.8) is 0 Å². The van der Waals surface area contributed by atoms with Gasteiger partial charge in [0, 0.05) is 5.56 Å². The molecule has 0 radical (unpaired) electrons. The van der Waals surface area contributed by atoms with Gasteiger partial charge in [-0.2, -0.15) is 0 Å². The van der Waals surface area contributed by atoms with Crippen LogP contribution in [0.2, 0.25) is 0 Å². The molecule has 1 unspecified atom stereocenters. The monoisotopic (exact) mass is 586 g/mol. The molecule has 0 spiro atoms. The summed E-state index contributed by atoms with van der Waals surface area (Å²) in [4.78, 5) is 33.4. The zero-order valence-electron chi connectivity index (χ0n) is 24.3. The Morgan fingerprint density at radius 3 is 2.48 bits per heavy atom. The van der Waals surface area contributed by atoms with Gasteiger partial charge in [-0.1, -0.05) is 61.1 Å². The highest BCUT2D eigenvalue weighted by atomic mass is 32.1. The second kappa shape index (κ2) is 12.2. The van der Waals surface area contributed by atoms with Crippen LogP contribution in [0.4, 0.5) is 5.13 Å². The molecule has 0 saturated carbocycles. The minimum atomic E-state index is -0.947. The first-order valence-electron chi connectivity index (χ1n) is 13.9. The molecule has 0 bridgehead atoms. The SMILES string of the molecule is CCOc1cc(C2/C(=C(\O)c3ccc(C)cc3)C(=O)C(=O)N2c2nc3ccc(OC)cc3s2)ccc1OCCC(C)C. The Morgan fingerprint density at radius 1 is 1.02 bits per heavy atom.